The van der Waals surface area contributed by atoms with E-state index in [0.29, 0.717) is 17.1 Å². The highest BCUT2D eigenvalue weighted by atomic mass is 16.1. The average molecular weight is 262 g/mol. The van der Waals surface area contributed by atoms with Crippen molar-refractivity contribution in [1.29, 1.82) is 0 Å². The Bertz CT molecular complexity index is 441. The SMILES string of the molecule is NC(=O)c1cc(NCCC2CCCCC2)ncc1N. The standard InChI is InChI=1S/C14H22N4O/c15-12-9-18-13(8-11(12)14(16)19)17-7-6-10-4-2-1-3-5-10/h8-10H,1-7,15H2,(H2,16,19)(H,17,18). The van der Waals surface area contributed by atoms with E-state index in [0.717, 1.165) is 18.9 Å². The smallest absolute Gasteiger partial charge is 0.250 e. The minimum Gasteiger partial charge on any atom is -0.397 e. The third-order valence-electron chi connectivity index (χ3n) is 3.78. The third kappa shape index (κ3) is 3.84. The Hall–Kier alpha value is -1.78. The molecule has 0 saturated heterocycles. The van der Waals surface area contributed by atoms with Crippen LogP contribution in [-0.4, -0.2) is 17.4 Å². The second kappa shape index (κ2) is 6.41. The molecule has 1 aromatic rings. The molecule has 1 aliphatic rings. The number of carbonyl (C=O) groups is 1. The molecule has 1 aliphatic carbocycles. The zero-order valence-electron chi connectivity index (χ0n) is 11.2. The highest BCUT2D eigenvalue weighted by Gasteiger charge is 2.13. The van der Waals surface area contributed by atoms with Crippen molar-refractivity contribution in [3.63, 3.8) is 0 Å². The number of anilines is 2. The molecule has 0 bridgehead atoms. The van der Waals surface area contributed by atoms with Gasteiger partial charge in [0.2, 0.25) is 0 Å². The second-order valence-corrected chi connectivity index (χ2v) is 5.24. The maximum Gasteiger partial charge on any atom is 0.250 e. The molecule has 0 spiro atoms. The number of hydrogen-bond donors (Lipinski definition) is 3. The maximum atomic E-state index is 11.2. The number of nitrogens with two attached hydrogens (primary N) is 2. The van der Waals surface area contributed by atoms with Crippen molar-refractivity contribution in [2.75, 3.05) is 17.6 Å². The highest BCUT2D eigenvalue weighted by molar-refractivity contribution is 5.98. The van der Waals surface area contributed by atoms with Crippen LogP contribution in [0.25, 0.3) is 0 Å². The second-order valence-electron chi connectivity index (χ2n) is 5.24. The van der Waals surface area contributed by atoms with Crippen molar-refractivity contribution >= 4 is 17.4 Å². The Kier molecular flexibility index (Phi) is 4.60. The van der Waals surface area contributed by atoms with E-state index in [4.69, 9.17) is 11.5 Å². The van der Waals surface area contributed by atoms with Crippen LogP contribution in [0.4, 0.5) is 11.5 Å². The van der Waals surface area contributed by atoms with Crippen LogP contribution in [0.5, 0.6) is 0 Å². The van der Waals surface area contributed by atoms with E-state index in [2.05, 4.69) is 10.3 Å². The van der Waals surface area contributed by atoms with Crippen molar-refractivity contribution < 1.29 is 4.79 Å². The summed E-state index contributed by atoms with van der Waals surface area (Å²) in [5.41, 5.74) is 11.6. The van der Waals surface area contributed by atoms with Crippen LogP contribution in [-0.2, 0) is 0 Å². The minimum absolute atomic E-state index is 0.324. The molecule has 5 nitrogen and oxygen atoms in total. The molecule has 19 heavy (non-hydrogen) atoms. The maximum absolute atomic E-state index is 11.2. The average Bonchev–Trinajstić information content (AvgIpc) is 2.41. The van der Waals surface area contributed by atoms with Gasteiger partial charge in [0.1, 0.15) is 5.82 Å². The molecule has 0 atom stereocenters. The van der Waals surface area contributed by atoms with E-state index >= 15 is 0 Å². The fourth-order valence-electron chi connectivity index (χ4n) is 2.66. The van der Waals surface area contributed by atoms with Crippen molar-refractivity contribution in [3.05, 3.63) is 17.8 Å². The van der Waals surface area contributed by atoms with Gasteiger partial charge >= 0.3 is 0 Å². The molecule has 1 fully saturated rings. The van der Waals surface area contributed by atoms with Crippen LogP contribution < -0.4 is 16.8 Å². The van der Waals surface area contributed by atoms with Crippen molar-refractivity contribution in [1.82, 2.24) is 4.98 Å². The Labute approximate surface area is 113 Å². The van der Waals surface area contributed by atoms with E-state index in [1.54, 1.807) is 6.07 Å². The van der Waals surface area contributed by atoms with Gasteiger partial charge in [0.15, 0.2) is 0 Å². The van der Waals surface area contributed by atoms with Gasteiger partial charge in [-0.1, -0.05) is 32.1 Å². The zero-order chi connectivity index (χ0) is 13.7. The van der Waals surface area contributed by atoms with Gasteiger partial charge in [-0.25, -0.2) is 4.98 Å². The lowest BCUT2D eigenvalue weighted by molar-refractivity contribution is 0.100. The van der Waals surface area contributed by atoms with E-state index in [1.807, 2.05) is 0 Å². The monoisotopic (exact) mass is 262 g/mol. The number of pyridine rings is 1. The lowest BCUT2D eigenvalue weighted by atomic mass is 9.87. The molecule has 1 amide bonds. The summed E-state index contributed by atoms with van der Waals surface area (Å²) in [6.07, 6.45) is 9.40. The van der Waals surface area contributed by atoms with E-state index in [9.17, 15) is 4.79 Å². The summed E-state index contributed by atoms with van der Waals surface area (Å²) in [4.78, 5) is 15.3. The molecule has 0 radical (unpaired) electrons. The Balaban J connectivity index is 1.85. The van der Waals surface area contributed by atoms with Gasteiger partial charge in [-0.3, -0.25) is 4.79 Å². The van der Waals surface area contributed by atoms with E-state index in [-0.39, 0.29) is 0 Å². The number of nitrogen functional groups attached to an aromatic ring is 1. The van der Waals surface area contributed by atoms with Crippen LogP contribution in [0.15, 0.2) is 12.3 Å². The number of aromatic nitrogens is 1. The summed E-state index contributed by atoms with van der Waals surface area (Å²) in [5.74, 6) is 0.972. The van der Waals surface area contributed by atoms with Crippen LogP contribution in [0.2, 0.25) is 0 Å². The first-order valence-corrected chi connectivity index (χ1v) is 6.96. The number of amides is 1. The predicted molar refractivity (Wildman–Crippen MR) is 76.8 cm³/mol. The number of primary amides is 1. The molecule has 0 unspecified atom stereocenters. The molecule has 0 aliphatic heterocycles. The van der Waals surface area contributed by atoms with Crippen molar-refractivity contribution in [3.8, 4) is 0 Å². The van der Waals surface area contributed by atoms with Gasteiger partial charge in [-0.05, 0) is 18.4 Å². The van der Waals surface area contributed by atoms with Gasteiger partial charge in [-0.2, -0.15) is 0 Å². The minimum atomic E-state index is -0.518. The van der Waals surface area contributed by atoms with Gasteiger partial charge < -0.3 is 16.8 Å². The number of rotatable bonds is 5. The molecule has 1 aromatic heterocycles. The van der Waals surface area contributed by atoms with Crippen molar-refractivity contribution in [2.24, 2.45) is 11.7 Å². The Morgan fingerprint density at radius 2 is 2.11 bits per heavy atom. The van der Waals surface area contributed by atoms with Gasteiger partial charge in [-0.15, -0.1) is 0 Å². The first kappa shape index (κ1) is 13.6. The fourth-order valence-corrected chi connectivity index (χ4v) is 2.66. The Morgan fingerprint density at radius 3 is 2.79 bits per heavy atom. The molecular formula is C14H22N4O. The van der Waals surface area contributed by atoms with Crippen molar-refractivity contribution in [2.45, 2.75) is 38.5 Å². The summed E-state index contributed by atoms with van der Waals surface area (Å²) in [6.45, 7) is 0.875. The molecular weight excluding hydrogens is 240 g/mol. The third-order valence-corrected chi connectivity index (χ3v) is 3.78. The summed E-state index contributed by atoms with van der Waals surface area (Å²) in [7, 11) is 0. The molecule has 1 saturated carbocycles. The zero-order valence-corrected chi connectivity index (χ0v) is 11.2. The predicted octanol–water partition coefficient (Wildman–Crippen LogP) is 2.15. The molecule has 0 aromatic carbocycles. The number of carbonyl (C=O) groups excluding carboxylic acids is 1. The summed E-state index contributed by atoms with van der Waals surface area (Å²) in [5, 5.41) is 3.24. The number of nitrogens with zero attached hydrogens (tertiary/aromatic N) is 1. The van der Waals surface area contributed by atoms with Crippen LogP contribution >= 0.6 is 0 Å². The lowest BCUT2D eigenvalue weighted by Gasteiger charge is -2.21. The Morgan fingerprint density at radius 1 is 1.37 bits per heavy atom. The first-order chi connectivity index (χ1) is 9.16. The fraction of sp³-hybridized carbons (Fsp3) is 0.571. The lowest BCUT2D eigenvalue weighted by Crippen LogP contribution is -2.16. The summed E-state index contributed by atoms with van der Waals surface area (Å²) in [6, 6.07) is 1.62. The van der Waals surface area contributed by atoms with Gasteiger partial charge in [0, 0.05) is 6.54 Å². The quantitative estimate of drug-likeness (QED) is 0.757. The molecule has 5 N–H and O–H groups in total. The highest BCUT2D eigenvalue weighted by Crippen LogP contribution is 2.26. The van der Waals surface area contributed by atoms with Crippen LogP contribution in [0, 0.1) is 5.92 Å². The summed E-state index contributed by atoms with van der Waals surface area (Å²) < 4.78 is 0. The normalized spacial score (nSPS) is 16.2. The van der Waals surface area contributed by atoms with Crippen LogP contribution in [0.1, 0.15) is 48.9 Å². The topological polar surface area (TPSA) is 94.0 Å². The van der Waals surface area contributed by atoms with E-state index in [1.165, 1.54) is 38.3 Å². The molecule has 2 rings (SSSR count). The molecule has 5 heteroatoms. The number of hydrogen-bond acceptors (Lipinski definition) is 4. The largest absolute Gasteiger partial charge is 0.397 e. The molecule has 1 heterocycles. The van der Waals surface area contributed by atoms with Gasteiger partial charge in [0.05, 0.1) is 17.4 Å². The summed E-state index contributed by atoms with van der Waals surface area (Å²) >= 11 is 0. The van der Waals surface area contributed by atoms with E-state index < -0.39 is 5.91 Å². The number of nitrogens with one attached hydrogen (secondary N) is 1. The van der Waals surface area contributed by atoms with Crippen LogP contribution in [0.3, 0.4) is 0 Å². The first-order valence-electron chi connectivity index (χ1n) is 6.96. The van der Waals surface area contributed by atoms with Gasteiger partial charge in [0.25, 0.3) is 5.91 Å². The molecule has 104 valence electrons.